The third kappa shape index (κ3) is 2.56. The molecule has 0 fully saturated rings. The van der Waals surface area contributed by atoms with Gasteiger partial charge in [-0.05, 0) is 30.0 Å². The van der Waals surface area contributed by atoms with Crippen molar-refractivity contribution in [3.05, 3.63) is 29.8 Å². The van der Waals surface area contributed by atoms with Crippen LogP contribution in [0.1, 0.15) is 31.7 Å². The quantitative estimate of drug-likeness (QED) is 0.833. The maximum absolute atomic E-state index is 11.0. The highest BCUT2D eigenvalue weighted by molar-refractivity contribution is 7.89. The highest BCUT2D eigenvalue weighted by Gasteiger charge is 2.08. The summed E-state index contributed by atoms with van der Waals surface area (Å²) in [6.45, 7) is 4.20. The number of sulfonamides is 1. The van der Waals surface area contributed by atoms with Crippen LogP contribution in [0.5, 0.6) is 0 Å². The molecule has 0 aliphatic carbocycles. The number of hydrogen-bond acceptors (Lipinski definition) is 2. The molecule has 1 atom stereocenters. The van der Waals surface area contributed by atoms with Crippen molar-refractivity contribution in [1.29, 1.82) is 0 Å². The van der Waals surface area contributed by atoms with Crippen LogP contribution in [0, 0.1) is 0 Å². The number of primary sulfonamides is 1. The number of hydrogen-bond donors (Lipinski definition) is 1. The minimum absolute atomic E-state index is 0.171. The Morgan fingerprint density at radius 3 is 2.14 bits per heavy atom. The summed E-state index contributed by atoms with van der Waals surface area (Å²) in [4.78, 5) is 0.171. The summed E-state index contributed by atoms with van der Waals surface area (Å²) >= 11 is 0. The maximum atomic E-state index is 11.0. The topological polar surface area (TPSA) is 60.2 Å². The van der Waals surface area contributed by atoms with Gasteiger partial charge >= 0.3 is 0 Å². The molecule has 2 N–H and O–H groups in total. The minimum atomic E-state index is -3.55. The molecule has 0 amide bonds. The van der Waals surface area contributed by atoms with Gasteiger partial charge in [0.15, 0.2) is 0 Å². The standard InChI is InChI=1S/C10H15NO2S/c1-3-8(2)9-4-6-10(7-5-9)14(11,12)13/h4-8H,3H2,1-2H3,(H2,11,12,13). The van der Waals surface area contributed by atoms with Gasteiger partial charge in [0.05, 0.1) is 4.90 Å². The molecule has 3 nitrogen and oxygen atoms in total. The molecule has 14 heavy (non-hydrogen) atoms. The molecule has 0 bridgehead atoms. The molecule has 0 radical (unpaired) electrons. The van der Waals surface area contributed by atoms with Gasteiger partial charge in [-0.2, -0.15) is 0 Å². The molecule has 1 unspecified atom stereocenters. The van der Waals surface area contributed by atoms with Crippen molar-refractivity contribution in [2.75, 3.05) is 0 Å². The van der Waals surface area contributed by atoms with Gasteiger partial charge in [-0.25, -0.2) is 13.6 Å². The first-order valence-corrected chi connectivity index (χ1v) is 6.12. The third-order valence-electron chi connectivity index (χ3n) is 2.39. The molecule has 1 aromatic rings. The summed E-state index contributed by atoms with van der Waals surface area (Å²) in [5.41, 5.74) is 1.14. The van der Waals surface area contributed by atoms with E-state index in [1.54, 1.807) is 12.1 Å². The zero-order chi connectivity index (χ0) is 10.8. The molecule has 0 saturated heterocycles. The SMILES string of the molecule is CCC(C)c1ccc(S(N)(=O)=O)cc1. The van der Waals surface area contributed by atoms with Crippen LogP contribution in [-0.4, -0.2) is 8.42 Å². The van der Waals surface area contributed by atoms with Crippen LogP contribution < -0.4 is 5.14 Å². The second kappa shape index (κ2) is 4.11. The predicted molar refractivity (Wildman–Crippen MR) is 56.5 cm³/mol. The van der Waals surface area contributed by atoms with E-state index in [0.717, 1.165) is 12.0 Å². The smallest absolute Gasteiger partial charge is 0.225 e. The summed E-state index contributed by atoms with van der Waals surface area (Å²) in [5, 5.41) is 4.99. The first-order valence-electron chi connectivity index (χ1n) is 4.58. The van der Waals surface area contributed by atoms with Crippen LogP contribution in [0.25, 0.3) is 0 Å². The van der Waals surface area contributed by atoms with Crippen LogP contribution in [0.4, 0.5) is 0 Å². The van der Waals surface area contributed by atoms with Gasteiger partial charge in [0.25, 0.3) is 0 Å². The van der Waals surface area contributed by atoms with Crippen LogP contribution in [0.3, 0.4) is 0 Å². The second-order valence-electron chi connectivity index (χ2n) is 3.42. The zero-order valence-corrected chi connectivity index (χ0v) is 9.21. The van der Waals surface area contributed by atoms with Crippen molar-refractivity contribution in [1.82, 2.24) is 0 Å². The normalized spacial score (nSPS) is 13.9. The summed E-state index contributed by atoms with van der Waals surface area (Å²) in [5.74, 6) is 0.449. The van der Waals surface area contributed by atoms with Gasteiger partial charge in [-0.15, -0.1) is 0 Å². The lowest BCUT2D eigenvalue weighted by molar-refractivity contribution is 0.597. The van der Waals surface area contributed by atoms with Gasteiger partial charge in [0, 0.05) is 0 Å². The van der Waals surface area contributed by atoms with Gasteiger partial charge in [0.2, 0.25) is 10.0 Å². The molecule has 0 aliphatic heterocycles. The summed E-state index contributed by atoms with van der Waals surface area (Å²) in [7, 11) is -3.55. The van der Waals surface area contributed by atoms with Crippen molar-refractivity contribution in [2.45, 2.75) is 31.1 Å². The molecule has 0 heterocycles. The first kappa shape index (κ1) is 11.2. The first-order chi connectivity index (χ1) is 6.45. The van der Waals surface area contributed by atoms with E-state index < -0.39 is 10.0 Å². The van der Waals surface area contributed by atoms with Crippen LogP contribution in [-0.2, 0) is 10.0 Å². The van der Waals surface area contributed by atoms with E-state index in [-0.39, 0.29) is 4.90 Å². The van der Waals surface area contributed by atoms with Crippen molar-refractivity contribution in [2.24, 2.45) is 5.14 Å². The van der Waals surface area contributed by atoms with Gasteiger partial charge in [-0.1, -0.05) is 26.0 Å². The van der Waals surface area contributed by atoms with Crippen molar-refractivity contribution in [3.8, 4) is 0 Å². The molecule has 1 rings (SSSR count). The lowest BCUT2D eigenvalue weighted by atomic mass is 9.99. The number of rotatable bonds is 3. The molecule has 78 valence electrons. The third-order valence-corrected chi connectivity index (χ3v) is 3.32. The van der Waals surface area contributed by atoms with E-state index >= 15 is 0 Å². The fourth-order valence-electron chi connectivity index (χ4n) is 1.22. The van der Waals surface area contributed by atoms with E-state index in [1.807, 2.05) is 12.1 Å². The fourth-order valence-corrected chi connectivity index (χ4v) is 1.74. The highest BCUT2D eigenvalue weighted by Crippen LogP contribution is 2.19. The van der Waals surface area contributed by atoms with Crippen molar-refractivity contribution in [3.63, 3.8) is 0 Å². The monoisotopic (exact) mass is 213 g/mol. The fraction of sp³-hybridized carbons (Fsp3) is 0.400. The van der Waals surface area contributed by atoms with Crippen LogP contribution in [0.2, 0.25) is 0 Å². The Labute approximate surface area is 85.0 Å². The lowest BCUT2D eigenvalue weighted by Crippen LogP contribution is -2.12. The second-order valence-corrected chi connectivity index (χ2v) is 4.98. The highest BCUT2D eigenvalue weighted by atomic mass is 32.2. The van der Waals surface area contributed by atoms with Gasteiger partial charge < -0.3 is 0 Å². The molecule has 0 aliphatic rings. The Morgan fingerprint density at radius 1 is 1.29 bits per heavy atom. The molecule has 0 spiro atoms. The Balaban J connectivity index is 3.01. The Hall–Kier alpha value is -0.870. The molecular weight excluding hydrogens is 198 g/mol. The summed E-state index contributed by atoms with van der Waals surface area (Å²) < 4.78 is 21.9. The summed E-state index contributed by atoms with van der Waals surface area (Å²) in [6, 6.07) is 6.73. The minimum Gasteiger partial charge on any atom is -0.225 e. The molecular formula is C10H15NO2S. The summed E-state index contributed by atoms with van der Waals surface area (Å²) in [6.07, 6.45) is 1.04. The largest absolute Gasteiger partial charge is 0.238 e. The van der Waals surface area contributed by atoms with E-state index in [1.165, 1.54) is 0 Å². The van der Waals surface area contributed by atoms with E-state index in [0.29, 0.717) is 5.92 Å². The zero-order valence-electron chi connectivity index (χ0n) is 8.40. The van der Waals surface area contributed by atoms with E-state index in [4.69, 9.17) is 5.14 Å². The molecule has 1 aromatic carbocycles. The molecule has 0 saturated carbocycles. The lowest BCUT2D eigenvalue weighted by Gasteiger charge is -2.08. The average molecular weight is 213 g/mol. The van der Waals surface area contributed by atoms with Gasteiger partial charge in [-0.3, -0.25) is 0 Å². The Morgan fingerprint density at radius 2 is 1.79 bits per heavy atom. The van der Waals surface area contributed by atoms with Crippen LogP contribution in [0.15, 0.2) is 29.2 Å². The number of benzene rings is 1. The molecule has 0 aromatic heterocycles. The van der Waals surface area contributed by atoms with E-state index in [2.05, 4.69) is 13.8 Å². The maximum Gasteiger partial charge on any atom is 0.238 e. The predicted octanol–water partition coefficient (Wildman–Crippen LogP) is 1.85. The van der Waals surface area contributed by atoms with E-state index in [9.17, 15) is 8.42 Å². The molecule has 4 heteroatoms. The van der Waals surface area contributed by atoms with Crippen LogP contribution >= 0.6 is 0 Å². The van der Waals surface area contributed by atoms with Crippen molar-refractivity contribution < 1.29 is 8.42 Å². The van der Waals surface area contributed by atoms with Gasteiger partial charge in [0.1, 0.15) is 0 Å². The average Bonchev–Trinajstić information content (AvgIpc) is 2.15. The van der Waals surface area contributed by atoms with Crippen molar-refractivity contribution >= 4 is 10.0 Å². The Bertz CT molecular complexity index is 395. The Kier molecular flexibility index (Phi) is 3.29. The number of nitrogens with two attached hydrogens (primary N) is 1.